The van der Waals surface area contributed by atoms with Crippen LogP contribution in [0.5, 0.6) is 0 Å². The minimum Gasteiger partial charge on any atom is -0.379 e. The molecule has 1 N–H and O–H groups in total. The molecule has 1 aliphatic rings. The Bertz CT molecular complexity index is 561. The van der Waals surface area contributed by atoms with Crippen LogP contribution in [0.15, 0.2) is 30.5 Å². The van der Waals surface area contributed by atoms with Gasteiger partial charge in [0, 0.05) is 23.7 Å². The Kier molecular flexibility index (Phi) is 1.89. The molecule has 0 unspecified atom stereocenters. The molecule has 0 spiro atoms. The first-order chi connectivity index (χ1) is 7.36. The maximum absolute atomic E-state index is 6.19. The molecule has 0 saturated heterocycles. The lowest BCUT2D eigenvalue weighted by molar-refractivity contribution is 1.30. The Morgan fingerprint density at radius 2 is 2.33 bits per heavy atom. The van der Waals surface area contributed by atoms with Crippen molar-refractivity contribution in [2.75, 3.05) is 11.9 Å². The third-order valence-corrected chi connectivity index (χ3v) is 2.88. The molecular formula is C12H9ClN2. The predicted octanol–water partition coefficient (Wildman–Crippen LogP) is 3.33. The van der Waals surface area contributed by atoms with Crippen molar-refractivity contribution < 1.29 is 0 Å². The van der Waals surface area contributed by atoms with E-state index in [4.69, 9.17) is 11.6 Å². The quantitative estimate of drug-likeness (QED) is 0.731. The van der Waals surface area contributed by atoms with Gasteiger partial charge >= 0.3 is 0 Å². The number of rotatable bonds is 0. The van der Waals surface area contributed by atoms with E-state index in [-0.39, 0.29) is 0 Å². The fourth-order valence-corrected chi connectivity index (χ4v) is 2.15. The van der Waals surface area contributed by atoms with Crippen LogP contribution in [0.4, 0.5) is 5.69 Å². The summed E-state index contributed by atoms with van der Waals surface area (Å²) in [7, 11) is 0. The number of aromatic nitrogens is 1. The van der Waals surface area contributed by atoms with Gasteiger partial charge in [0.05, 0.1) is 16.2 Å². The molecule has 0 fully saturated rings. The zero-order valence-corrected chi connectivity index (χ0v) is 8.75. The highest BCUT2D eigenvalue weighted by Crippen LogP contribution is 2.33. The van der Waals surface area contributed by atoms with Gasteiger partial charge in [-0.15, -0.1) is 0 Å². The van der Waals surface area contributed by atoms with Crippen LogP contribution in [0.25, 0.3) is 17.0 Å². The summed E-state index contributed by atoms with van der Waals surface area (Å²) in [4.78, 5) is 4.37. The molecular weight excluding hydrogens is 208 g/mol. The van der Waals surface area contributed by atoms with Gasteiger partial charge in [0.25, 0.3) is 0 Å². The third-order valence-electron chi connectivity index (χ3n) is 2.57. The molecule has 1 aliphatic heterocycles. The van der Waals surface area contributed by atoms with Crippen LogP contribution >= 0.6 is 11.6 Å². The molecule has 1 aromatic carbocycles. The first-order valence-electron chi connectivity index (χ1n) is 4.84. The highest BCUT2D eigenvalue weighted by atomic mass is 35.5. The van der Waals surface area contributed by atoms with Gasteiger partial charge in [0.15, 0.2) is 0 Å². The minimum atomic E-state index is 0.755. The van der Waals surface area contributed by atoms with Crippen LogP contribution in [0.1, 0.15) is 5.56 Å². The van der Waals surface area contributed by atoms with Gasteiger partial charge in [-0.05, 0) is 18.2 Å². The summed E-state index contributed by atoms with van der Waals surface area (Å²) in [6.45, 7) is 0.848. The monoisotopic (exact) mass is 216 g/mol. The number of pyridine rings is 1. The molecule has 0 amide bonds. The Hall–Kier alpha value is -1.54. The lowest BCUT2D eigenvalue weighted by Crippen LogP contribution is -2.05. The molecule has 1 aromatic heterocycles. The topological polar surface area (TPSA) is 24.9 Å². The molecule has 2 aromatic rings. The molecule has 0 saturated carbocycles. The van der Waals surface area contributed by atoms with Crippen molar-refractivity contribution in [1.29, 1.82) is 0 Å². The lowest BCUT2D eigenvalue weighted by atomic mass is 10.1. The number of nitrogens with zero attached hydrogens (tertiary/aromatic N) is 1. The Labute approximate surface area is 92.6 Å². The van der Waals surface area contributed by atoms with E-state index in [0.29, 0.717) is 0 Å². The van der Waals surface area contributed by atoms with Crippen molar-refractivity contribution in [3.63, 3.8) is 0 Å². The second-order valence-corrected chi connectivity index (χ2v) is 3.91. The molecule has 0 atom stereocenters. The summed E-state index contributed by atoms with van der Waals surface area (Å²) in [6, 6.07) is 5.87. The molecule has 0 bridgehead atoms. The van der Waals surface area contributed by atoms with Gasteiger partial charge in [0.2, 0.25) is 0 Å². The van der Waals surface area contributed by atoms with Crippen LogP contribution in [-0.4, -0.2) is 11.5 Å². The number of hydrogen-bond donors (Lipinski definition) is 1. The van der Waals surface area contributed by atoms with Crippen molar-refractivity contribution in [1.82, 2.24) is 4.98 Å². The van der Waals surface area contributed by atoms with Crippen LogP contribution in [0.3, 0.4) is 0 Å². The number of fused-ring (bicyclic) bond motifs is 3. The Morgan fingerprint density at radius 1 is 1.40 bits per heavy atom. The number of halogens is 1. The highest BCUT2D eigenvalue weighted by Gasteiger charge is 2.11. The summed E-state index contributed by atoms with van der Waals surface area (Å²) in [5.41, 5.74) is 3.14. The molecule has 0 aliphatic carbocycles. The van der Waals surface area contributed by atoms with Crippen molar-refractivity contribution in [2.45, 2.75) is 0 Å². The van der Waals surface area contributed by atoms with Crippen molar-refractivity contribution in [2.24, 2.45) is 0 Å². The van der Waals surface area contributed by atoms with Crippen LogP contribution in [0.2, 0.25) is 5.02 Å². The molecule has 2 nitrogen and oxygen atoms in total. The summed E-state index contributed by atoms with van der Waals surface area (Å²) >= 11 is 6.19. The fraction of sp³-hybridized carbons (Fsp3) is 0.0833. The molecule has 3 rings (SSSR count). The third kappa shape index (κ3) is 1.29. The van der Waals surface area contributed by atoms with Crippen LogP contribution in [0, 0.1) is 0 Å². The van der Waals surface area contributed by atoms with Gasteiger partial charge in [-0.2, -0.15) is 0 Å². The predicted molar refractivity (Wildman–Crippen MR) is 64.3 cm³/mol. The first-order valence-corrected chi connectivity index (χ1v) is 5.22. The molecule has 3 heteroatoms. The van der Waals surface area contributed by atoms with E-state index in [0.717, 1.165) is 33.7 Å². The zero-order chi connectivity index (χ0) is 10.3. The number of anilines is 1. The van der Waals surface area contributed by atoms with Crippen LogP contribution < -0.4 is 5.32 Å². The highest BCUT2D eigenvalue weighted by molar-refractivity contribution is 6.36. The Balaban J connectivity index is 2.45. The average molecular weight is 217 g/mol. The SMILES string of the molecule is Clc1cc2c(c3ncccc13)NCC=C2. The minimum absolute atomic E-state index is 0.755. The van der Waals surface area contributed by atoms with Gasteiger partial charge in [-0.1, -0.05) is 23.8 Å². The second kappa shape index (κ2) is 3.24. The summed E-state index contributed by atoms with van der Waals surface area (Å²) in [5, 5.41) is 5.08. The smallest absolute Gasteiger partial charge is 0.0954 e. The van der Waals surface area contributed by atoms with Gasteiger partial charge in [0.1, 0.15) is 0 Å². The summed E-state index contributed by atoms with van der Waals surface area (Å²) in [5.74, 6) is 0. The average Bonchev–Trinajstić information content (AvgIpc) is 2.30. The standard InChI is InChI=1S/C12H9ClN2/c13-10-7-8-3-1-5-14-11(8)12-9(10)4-2-6-15-12/h1-4,6-7,14H,5H2. The van der Waals surface area contributed by atoms with E-state index in [9.17, 15) is 0 Å². The van der Waals surface area contributed by atoms with Crippen molar-refractivity contribution in [3.05, 3.63) is 41.1 Å². The molecule has 2 heterocycles. The van der Waals surface area contributed by atoms with E-state index in [1.807, 2.05) is 18.2 Å². The maximum Gasteiger partial charge on any atom is 0.0954 e. The van der Waals surface area contributed by atoms with E-state index in [1.165, 1.54) is 0 Å². The second-order valence-electron chi connectivity index (χ2n) is 3.51. The molecule has 0 radical (unpaired) electrons. The van der Waals surface area contributed by atoms with Crippen molar-refractivity contribution >= 4 is 34.3 Å². The molecule has 74 valence electrons. The van der Waals surface area contributed by atoms with Gasteiger partial charge < -0.3 is 5.32 Å². The first kappa shape index (κ1) is 8.74. The normalized spacial score (nSPS) is 13.7. The zero-order valence-electron chi connectivity index (χ0n) is 8.00. The summed E-state index contributed by atoms with van der Waals surface area (Å²) in [6.07, 6.45) is 5.94. The fourth-order valence-electron chi connectivity index (χ4n) is 1.88. The molecule has 15 heavy (non-hydrogen) atoms. The lowest BCUT2D eigenvalue weighted by Gasteiger charge is -2.15. The van der Waals surface area contributed by atoms with E-state index >= 15 is 0 Å². The summed E-state index contributed by atoms with van der Waals surface area (Å²) < 4.78 is 0. The number of hydrogen-bond acceptors (Lipinski definition) is 2. The Morgan fingerprint density at radius 3 is 3.27 bits per heavy atom. The maximum atomic E-state index is 6.19. The van der Waals surface area contributed by atoms with Crippen molar-refractivity contribution in [3.8, 4) is 0 Å². The number of benzene rings is 1. The number of nitrogens with one attached hydrogen (secondary N) is 1. The van der Waals surface area contributed by atoms with E-state index in [1.54, 1.807) is 6.20 Å². The van der Waals surface area contributed by atoms with E-state index in [2.05, 4.69) is 22.5 Å². The van der Waals surface area contributed by atoms with Crippen LogP contribution in [-0.2, 0) is 0 Å². The largest absolute Gasteiger partial charge is 0.379 e. The van der Waals surface area contributed by atoms with Gasteiger partial charge in [-0.25, -0.2) is 0 Å². The van der Waals surface area contributed by atoms with E-state index < -0.39 is 0 Å². The van der Waals surface area contributed by atoms with Gasteiger partial charge in [-0.3, -0.25) is 4.98 Å².